The largest absolute Gasteiger partial charge is 0.481 e. The maximum Gasteiger partial charge on any atom is 0.311 e. The molecule has 56 valence electrons. The van der Waals surface area contributed by atoms with E-state index in [0.717, 1.165) is 12.8 Å². The third-order valence-electron chi connectivity index (χ3n) is 1.63. The van der Waals surface area contributed by atoms with Crippen LogP contribution in [0, 0.1) is 5.92 Å². The minimum atomic E-state index is -0.699. The average molecular weight is 252 g/mol. The Hall–Kier alpha value is -0.0600. The maximum atomic E-state index is 10.5. The second-order valence-corrected chi connectivity index (χ2v) is 3.99. The van der Waals surface area contributed by atoms with Crippen molar-refractivity contribution >= 4 is 28.6 Å². The summed E-state index contributed by atoms with van der Waals surface area (Å²) in [6.07, 6.45) is 5.77. The van der Waals surface area contributed by atoms with Crippen LogP contribution in [0.4, 0.5) is 0 Å². The van der Waals surface area contributed by atoms with E-state index in [1.54, 1.807) is 6.08 Å². The number of halogens is 1. The van der Waals surface area contributed by atoms with Crippen LogP contribution in [0.2, 0.25) is 0 Å². The van der Waals surface area contributed by atoms with Crippen LogP contribution in [-0.4, -0.2) is 15.0 Å². The molecular weight excluding hydrogens is 243 g/mol. The molecule has 10 heavy (non-hydrogen) atoms. The Bertz CT molecular complexity index is 165. The summed E-state index contributed by atoms with van der Waals surface area (Å²) in [5.41, 5.74) is 0. The van der Waals surface area contributed by atoms with Crippen molar-refractivity contribution in [3.63, 3.8) is 0 Å². The average Bonchev–Trinajstić information content (AvgIpc) is 1.88. The first-order chi connectivity index (χ1) is 4.72. The molecule has 0 radical (unpaired) electrons. The lowest BCUT2D eigenvalue weighted by molar-refractivity contribution is -0.140. The highest BCUT2D eigenvalue weighted by Gasteiger charge is 2.24. The van der Waals surface area contributed by atoms with Crippen LogP contribution in [-0.2, 0) is 4.79 Å². The molecule has 1 rings (SSSR count). The zero-order chi connectivity index (χ0) is 7.56. The molecule has 2 unspecified atom stereocenters. The minimum Gasteiger partial charge on any atom is -0.481 e. The van der Waals surface area contributed by atoms with E-state index >= 15 is 0 Å². The number of hydrogen-bond donors (Lipinski definition) is 1. The van der Waals surface area contributed by atoms with Gasteiger partial charge < -0.3 is 5.11 Å². The molecule has 0 fully saturated rings. The van der Waals surface area contributed by atoms with Crippen molar-refractivity contribution in [1.82, 2.24) is 0 Å². The first kappa shape index (κ1) is 8.04. The van der Waals surface area contributed by atoms with E-state index in [9.17, 15) is 4.79 Å². The van der Waals surface area contributed by atoms with Crippen molar-refractivity contribution in [2.24, 2.45) is 5.92 Å². The van der Waals surface area contributed by atoms with E-state index in [1.165, 1.54) is 0 Å². The van der Waals surface area contributed by atoms with Crippen molar-refractivity contribution < 1.29 is 9.90 Å². The van der Waals surface area contributed by atoms with Crippen molar-refractivity contribution in [3.05, 3.63) is 12.2 Å². The molecule has 0 aromatic heterocycles. The fraction of sp³-hybridized carbons (Fsp3) is 0.571. The maximum absolute atomic E-state index is 10.5. The molecular formula is C7H9IO2. The molecule has 0 saturated heterocycles. The van der Waals surface area contributed by atoms with E-state index in [1.807, 2.05) is 6.08 Å². The van der Waals surface area contributed by atoms with Crippen LogP contribution in [0.25, 0.3) is 0 Å². The number of rotatable bonds is 1. The number of alkyl halides is 1. The van der Waals surface area contributed by atoms with Gasteiger partial charge in [0.15, 0.2) is 0 Å². The van der Waals surface area contributed by atoms with Gasteiger partial charge in [-0.3, -0.25) is 4.79 Å². The highest BCUT2D eigenvalue weighted by Crippen LogP contribution is 2.25. The molecule has 0 aromatic rings. The summed E-state index contributed by atoms with van der Waals surface area (Å²) in [6, 6.07) is 0. The summed E-state index contributed by atoms with van der Waals surface area (Å²) < 4.78 is 0.278. The number of aliphatic carboxylic acids is 1. The Morgan fingerprint density at radius 1 is 1.70 bits per heavy atom. The Morgan fingerprint density at radius 3 is 2.80 bits per heavy atom. The van der Waals surface area contributed by atoms with Gasteiger partial charge in [-0.15, -0.1) is 0 Å². The van der Waals surface area contributed by atoms with Crippen LogP contribution < -0.4 is 0 Å². The van der Waals surface area contributed by atoms with Crippen LogP contribution in [0.5, 0.6) is 0 Å². The smallest absolute Gasteiger partial charge is 0.311 e. The topological polar surface area (TPSA) is 37.3 Å². The fourth-order valence-electron chi connectivity index (χ4n) is 1.04. The summed E-state index contributed by atoms with van der Waals surface area (Å²) in [4.78, 5) is 10.5. The Kier molecular flexibility index (Phi) is 2.71. The van der Waals surface area contributed by atoms with Crippen molar-refractivity contribution in [2.45, 2.75) is 16.8 Å². The first-order valence-electron chi connectivity index (χ1n) is 3.25. The summed E-state index contributed by atoms with van der Waals surface area (Å²) in [5, 5.41) is 8.65. The molecule has 0 saturated carbocycles. The molecule has 2 atom stereocenters. The lowest BCUT2D eigenvalue weighted by atomic mass is 9.96. The quantitative estimate of drug-likeness (QED) is 0.439. The Morgan fingerprint density at radius 2 is 2.40 bits per heavy atom. The van der Waals surface area contributed by atoms with E-state index in [2.05, 4.69) is 22.6 Å². The van der Waals surface area contributed by atoms with Gasteiger partial charge in [0.2, 0.25) is 0 Å². The first-order valence-corrected chi connectivity index (χ1v) is 4.50. The highest BCUT2D eigenvalue weighted by molar-refractivity contribution is 14.1. The number of carbonyl (C=O) groups is 1. The third kappa shape index (κ3) is 1.71. The van der Waals surface area contributed by atoms with Crippen molar-refractivity contribution in [3.8, 4) is 0 Å². The molecule has 1 aliphatic carbocycles. The fourth-order valence-corrected chi connectivity index (χ4v) is 1.94. The molecule has 2 nitrogen and oxygen atoms in total. The zero-order valence-electron chi connectivity index (χ0n) is 5.46. The molecule has 0 aliphatic heterocycles. The molecule has 1 aliphatic rings. The van der Waals surface area contributed by atoms with Gasteiger partial charge in [0, 0.05) is 3.92 Å². The molecule has 0 heterocycles. The molecule has 1 N–H and O–H groups in total. The SMILES string of the molecule is O=C(O)C1C=CCCC1I. The Balaban J connectivity index is 2.64. The molecule has 3 heteroatoms. The van der Waals surface area contributed by atoms with E-state index in [-0.39, 0.29) is 9.84 Å². The number of hydrogen-bond acceptors (Lipinski definition) is 1. The van der Waals surface area contributed by atoms with Crippen molar-refractivity contribution in [1.29, 1.82) is 0 Å². The molecule has 0 amide bonds. The third-order valence-corrected chi connectivity index (χ3v) is 3.02. The van der Waals surface area contributed by atoms with Gasteiger partial charge in [0.25, 0.3) is 0 Å². The van der Waals surface area contributed by atoms with Crippen LogP contribution >= 0.6 is 22.6 Å². The lowest BCUT2D eigenvalue weighted by Crippen LogP contribution is -2.23. The predicted molar refractivity (Wildman–Crippen MR) is 47.3 cm³/mol. The van der Waals surface area contributed by atoms with Gasteiger partial charge in [-0.2, -0.15) is 0 Å². The van der Waals surface area contributed by atoms with Gasteiger partial charge in [0.05, 0.1) is 5.92 Å². The second kappa shape index (κ2) is 3.37. The van der Waals surface area contributed by atoms with Gasteiger partial charge in [0.1, 0.15) is 0 Å². The van der Waals surface area contributed by atoms with Gasteiger partial charge in [-0.1, -0.05) is 34.7 Å². The Labute approximate surface area is 73.5 Å². The summed E-state index contributed by atoms with van der Waals surface area (Å²) in [5.74, 6) is -0.954. The molecule has 0 bridgehead atoms. The highest BCUT2D eigenvalue weighted by atomic mass is 127. The standard InChI is InChI=1S/C7H9IO2/c8-6-4-2-1-3-5(6)7(9)10/h1,3,5-6H,2,4H2,(H,9,10). The van der Waals surface area contributed by atoms with Gasteiger partial charge >= 0.3 is 5.97 Å². The number of allylic oxidation sites excluding steroid dienone is 1. The van der Waals surface area contributed by atoms with Crippen molar-refractivity contribution in [2.75, 3.05) is 0 Å². The van der Waals surface area contributed by atoms with E-state index in [0.29, 0.717) is 0 Å². The van der Waals surface area contributed by atoms with Crippen LogP contribution in [0.15, 0.2) is 12.2 Å². The second-order valence-electron chi connectivity index (χ2n) is 2.39. The summed E-state index contributed by atoms with van der Waals surface area (Å²) in [7, 11) is 0. The van der Waals surface area contributed by atoms with Gasteiger partial charge in [-0.05, 0) is 12.8 Å². The zero-order valence-corrected chi connectivity index (χ0v) is 7.61. The minimum absolute atomic E-state index is 0.255. The summed E-state index contributed by atoms with van der Waals surface area (Å²) >= 11 is 2.20. The molecule has 0 aromatic carbocycles. The van der Waals surface area contributed by atoms with E-state index < -0.39 is 5.97 Å². The normalized spacial score (nSPS) is 32.1. The van der Waals surface area contributed by atoms with Crippen LogP contribution in [0.3, 0.4) is 0 Å². The number of carboxylic acid groups (broad SMARTS) is 1. The van der Waals surface area contributed by atoms with Crippen LogP contribution in [0.1, 0.15) is 12.8 Å². The summed E-state index contributed by atoms with van der Waals surface area (Å²) in [6.45, 7) is 0. The van der Waals surface area contributed by atoms with E-state index in [4.69, 9.17) is 5.11 Å². The molecule has 0 spiro atoms. The number of carboxylic acids is 1. The predicted octanol–water partition coefficient (Wildman–Crippen LogP) is 1.84. The monoisotopic (exact) mass is 252 g/mol. The lowest BCUT2D eigenvalue weighted by Gasteiger charge is -2.17. The van der Waals surface area contributed by atoms with Gasteiger partial charge in [-0.25, -0.2) is 0 Å².